The van der Waals surface area contributed by atoms with E-state index in [9.17, 15) is 4.79 Å². The van der Waals surface area contributed by atoms with Gasteiger partial charge in [-0.15, -0.1) is 10.2 Å². The van der Waals surface area contributed by atoms with Crippen molar-refractivity contribution in [2.24, 2.45) is 16.0 Å². The minimum absolute atomic E-state index is 0.294. The number of carbonyl (C=O) groups excluding carboxylic acids is 1. The molecule has 5 heteroatoms. The number of azo groups is 1. The van der Waals surface area contributed by atoms with Gasteiger partial charge < -0.3 is 10.5 Å². The zero-order chi connectivity index (χ0) is 7.56. The molecule has 10 heavy (non-hydrogen) atoms. The summed E-state index contributed by atoms with van der Waals surface area (Å²) in [5.41, 5.74) is 5.64. The average molecular weight is 141 g/mol. The van der Waals surface area contributed by atoms with Crippen molar-refractivity contribution in [3.05, 3.63) is 11.8 Å². The number of amides is 1. The van der Waals surface area contributed by atoms with E-state index < -0.39 is 12.1 Å². The molecule has 2 N–H and O–H groups in total. The Bertz CT molecular complexity index is 209. The van der Waals surface area contributed by atoms with Crippen molar-refractivity contribution in [2.45, 2.75) is 6.23 Å². The fraction of sp³-hybridized carbons (Fsp3) is 0.400. The van der Waals surface area contributed by atoms with Gasteiger partial charge in [-0.25, -0.2) is 0 Å². The van der Waals surface area contributed by atoms with Crippen LogP contribution in [0.4, 0.5) is 0 Å². The molecule has 0 aromatic heterocycles. The van der Waals surface area contributed by atoms with E-state index in [4.69, 9.17) is 10.5 Å². The Kier molecular flexibility index (Phi) is 1.77. The summed E-state index contributed by atoms with van der Waals surface area (Å²) in [5.74, 6) is -0.439. The Morgan fingerprint density at radius 1 is 1.80 bits per heavy atom. The van der Waals surface area contributed by atoms with Crippen LogP contribution in [0.3, 0.4) is 0 Å². The summed E-state index contributed by atoms with van der Waals surface area (Å²) < 4.78 is 4.75. The summed E-state index contributed by atoms with van der Waals surface area (Å²) in [7, 11) is 1.44. The number of methoxy groups -OCH3 is 1. The first-order valence-corrected chi connectivity index (χ1v) is 2.68. The fourth-order valence-corrected chi connectivity index (χ4v) is 0.602. The molecule has 0 spiro atoms. The number of rotatable bonds is 1. The molecule has 0 aromatic rings. The highest BCUT2D eigenvalue weighted by Gasteiger charge is 2.14. The van der Waals surface area contributed by atoms with Gasteiger partial charge in [-0.2, -0.15) is 0 Å². The van der Waals surface area contributed by atoms with Crippen molar-refractivity contribution in [3.8, 4) is 0 Å². The number of hydrogen-bond acceptors (Lipinski definition) is 4. The minimum atomic E-state index is -0.585. The summed E-state index contributed by atoms with van der Waals surface area (Å²) in [6, 6.07) is 0. The van der Waals surface area contributed by atoms with E-state index in [1.54, 1.807) is 0 Å². The molecule has 1 heterocycles. The van der Waals surface area contributed by atoms with Gasteiger partial charge in [0.1, 0.15) is 0 Å². The number of hydrogen-bond donors (Lipinski definition) is 1. The van der Waals surface area contributed by atoms with E-state index in [1.807, 2.05) is 0 Å². The first kappa shape index (κ1) is 6.88. The number of carbonyl (C=O) groups is 1. The molecule has 5 nitrogen and oxygen atoms in total. The van der Waals surface area contributed by atoms with Crippen molar-refractivity contribution >= 4 is 5.91 Å². The molecule has 0 aromatic carbocycles. The molecule has 1 rings (SSSR count). The first-order valence-electron chi connectivity index (χ1n) is 2.68. The Hall–Kier alpha value is -1.23. The molecule has 0 saturated carbocycles. The number of ether oxygens (including phenoxy) is 1. The maximum atomic E-state index is 10.5. The molecule has 1 amide bonds. The molecule has 0 aliphatic carbocycles. The van der Waals surface area contributed by atoms with Crippen LogP contribution < -0.4 is 5.73 Å². The molecular weight excluding hydrogens is 134 g/mol. The molecule has 1 aliphatic heterocycles. The summed E-state index contributed by atoms with van der Waals surface area (Å²) >= 11 is 0. The van der Waals surface area contributed by atoms with Crippen LogP contribution >= 0.6 is 0 Å². The highest BCUT2D eigenvalue weighted by Crippen LogP contribution is 2.07. The smallest absolute Gasteiger partial charge is 0.289 e. The van der Waals surface area contributed by atoms with Gasteiger partial charge >= 0.3 is 0 Å². The minimum Gasteiger partial charge on any atom is -0.398 e. The summed E-state index contributed by atoms with van der Waals surface area (Å²) in [4.78, 5) is 10.5. The van der Waals surface area contributed by atoms with Crippen molar-refractivity contribution < 1.29 is 9.53 Å². The van der Waals surface area contributed by atoms with Gasteiger partial charge in [0.25, 0.3) is 5.91 Å². The van der Waals surface area contributed by atoms with Gasteiger partial charge in [-0.3, -0.25) is 4.79 Å². The third kappa shape index (κ3) is 1.19. The van der Waals surface area contributed by atoms with Crippen LogP contribution in [-0.2, 0) is 9.53 Å². The second-order valence-corrected chi connectivity index (χ2v) is 1.79. The van der Waals surface area contributed by atoms with Crippen LogP contribution in [0.1, 0.15) is 0 Å². The summed E-state index contributed by atoms with van der Waals surface area (Å²) in [6.45, 7) is 0. The van der Waals surface area contributed by atoms with Gasteiger partial charge in [0.15, 0.2) is 0 Å². The lowest BCUT2D eigenvalue weighted by atomic mass is 10.3. The van der Waals surface area contributed by atoms with E-state index in [-0.39, 0.29) is 0 Å². The second kappa shape index (κ2) is 2.57. The predicted octanol–water partition coefficient (Wildman–Crippen LogP) is -0.206. The molecule has 54 valence electrons. The molecule has 0 saturated heterocycles. The third-order valence-electron chi connectivity index (χ3n) is 1.06. The summed E-state index contributed by atoms with van der Waals surface area (Å²) in [6.07, 6.45) is 0.610. The van der Waals surface area contributed by atoms with Crippen LogP contribution in [0.25, 0.3) is 0 Å². The molecule has 1 unspecified atom stereocenters. The Labute approximate surface area is 57.6 Å². The van der Waals surface area contributed by atoms with Gasteiger partial charge in [-0.1, -0.05) is 0 Å². The van der Waals surface area contributed by atoms with Gasteiger partial charge in [-0.05, 0) is 0 Å². The number of nitrogens with two attached hydrogens (primary N) is 1. The van der Waals surface area contributed by atoms with Gasteiger partial charge in [0, 0.05) is 13.2 Å². The van der Waals surface area contributed by atoms with E-state index in [0.29, 0.717) is 5.70 Å². The number of nitrogens with zero attached hydrogens (tertiary/aromatic N) is 2. The van der Waals surface area contributed by atoms with Gasteiger partial charge in [0.05, 0.1) is 5.70 Å². The largest absolute Gasteiger partial charge is 0.398 e. The van der Waals surface area contributed by atoms with Crippen molar-refractivity contribution in [2.75, 3.05) is 7.11 Å². The van der Waals surface area contributed by atoms with Crippen molar-refractivity contribution in [1.29, 1.82) is 0 Å². The van der Waals surface area contributed by atoms with E-state index in [2.05, 4.69) is 10.2 Å². The van der Waals surface area contributed by atoms with Crippen LogP contribution in [0, 0.1) is 0 Å². The second-order valence-electron chi connectivity index (χ2n) is 1.79. The maximum Gasteiger partial charge on any atom is 0.289 e. The lowest BCUT2D eigenvalue weighted by Crippen LogP contribution is -2.21. The maximum absolute atomic E-state index is 10.5. The fourth-order valence-electron chi connectivity index (χ4n) is 0.602. The van der Waals surface area contributed by atoms with Crippen LogP contribution in [0.2, 0.25) is 0 Å². The van der Waals surface area contributed by atoms with Crippen LogP contribution in [-0.4, -0.2) is 19.2 Å². The SMILES string of the molecule is COC1N=NC(=O)C=C1N. The topological polar surface area (TPSA) is 77.0 Å². The normalized spacial score (nSPS) is 24.7. The third-order valence-corrected chi connectivity index (χ3v) is 1.06. The Balaban J connectivity index is 2.75. The van der Waals surface area contributed by atoms with Crippen LogP contribution in [0.5, 0.6) is 0 Å². The highest BCUT2D eigenvalue weighted by molar-refractivity contribution is 5.89. The predicted molar refractivity (Wildman–Crippen MR) is 32.9 cm³/mol. The molecule has 0 radical (unpaired) electrons. The molecule has 0 bridgehead atoms. The monoisotopic (exact) mass is 141 g/mol. The van der Waals surface area contributed by atoms with Crippen molar-refractivity contribution in [3.63, 3.8) is 0 Å². The summed E-state index contributed by atoms with van der Waals surface area (Å²) in [5, 5.41) is 6.71. The Morgan fingerprint density at radius 2 is 2.50 bits per heavy atom. The first-order chi connectivity index (χ1) is 4.74. The average Bonchev–Trinajstić information content (AvgIpc) is 1.88. The van der Waals surface area contributed by atoms with Gasteiger partial charge in [0.2, 0.25) is 6.23 Å². The van der Waals surface area contributed by atoms with E-state index in [1.165, 1.54) is 13.2 Å². The molecule has 0 fully saturated rings. The zero-order valence-corrected chi connectivity index (χ0v) is 5.44. The standard InChI is InChI=1S/C5H7N3O2/c1-10-5-3(6)2-4(9)7-8-5/h2,5H,6H2,1H3. The van der Waals surface area contributed by atoms with Crippen molar-refractivity contribution in [1.82, 2.24) is 0 Å². The molecule has 1 aliphatic rings. The zero-order valence-electron chi connectivity index (χ0n) is 5.44. The van der Waals surface area contributed by atoms with E-state index >= 15 is 0 Å². The molecule has 1 atom stereocenters. The Morgan fingerprint density at radius 3 is 3.00 bits per heavy atom. The van der Waals surface area contributed by atoms with E-state index in [0.717, 1.165) is 0 Å². The quantitative estimate of drug-likeness (QED) is 0.549. The highest BCUT2D eigenvalue weighted by atomic mass is 16.5. The lowest BCUT2D eigenvalue weighted by Gasteiger charge is -2.10. The molecular formula is C5H7N3O2. The van der Waals surface area contributed by atoms with Crippen LogP contribution in [0.15, 0.2) is 22.0 Å². The lowest BCUT2D eigenvalue weighted by molar-refractivity contribution is -0.114.